The van der Waals surface area contributed by atoms with Gasteiger partial charge in [0, 0.05) is 25.3 Å². The van der Waals surface area contributed by atoms with E-state index < -0.39 is 0 Å². The molecular weight excluding hydrogens is 198 g/mol. The topological polar surface area (TPSA) is 29.9 Å². The van der Waals surface area contributed by atoms with Crippen molar-refractivity contribution in [2.45, 2.75) is 45.1 Å². The molecule has 3 rings (SSSR count). The van der Waals surface area contributed by atoms with E-state index in [0.29, 0.717) is 5.41 Å². The Balaban J connectivity index is 1.62. The van der Waals surface area contributed by atoms with Crippen LogP contribution >= 0.6 is 0 Å². The third-order valence-corrected chi connectivity index (χ3v) is 3.96. The summed E-state index contributed by atoms with van der Waals surface area (Å²) in [6.07, 6.45) is 6.75. The molecule has 0 saturated heterocycles. The molecule has 1 aromatic rings. The van der Waals surface area contributed by atoms with Crippen molar-refractivity contribution in [3.63, 3.8) is 0 Å². The number of hydrogen-bond acceptors (Lipinski definition) is 2. The minimum Gasteiger partial charge on any atom is -0.313 e. The molecule has 2 saturated carbocycles. The second-order valence-electron chi connectivity index (χ2n) is 5.73. The van der Waals surface area contributed by atoms with Gasteiger partial charge in [-0.1, -0.05) is 0 Å². The van der Waals surface area contributed by atoms with E-state index in [1.807, 2.05) is 4.68 Å². The van der Waals surface area contributed by atoms with E-state index in [0.717, 1.165) is 11.7 Å². The van der Waals surface area contributed by atoms with Crippen LogP contribution in [0.15, 0.2) is 6.07 Å². The number of aromatic nitrogens is 2. The molecule has 0 bridgehead atoms. The third kappa shape index (κ3) is 2.14. The third-order valence-electron chi connectivity index (χ3n) is 3.96. The van der Waals surface area contributed by atoms with Gasteiger partial charge < -0.3 is 5.32 Å². The summed E-state index contributed by atoms with van der Waals surface area (Å²) in [6.45, 7) is 3.29. The quantitative estimate of drug-likeness (QED) is 0.818. The van der Waals surface area contributed by atoms with Crippen molar-refractivity contribution in [1.82, 2.24) is 15.1 Å². The Hall–Kier alpha value is -0.830. The van der Waals surface area contributed by atoms with Gasteiger partial charge in [0.1, 0.15) is 0 Å². The van der Waals surface area contributed by atoms with Crippen molar-refractivity contribution in [3.8, 4) is 0 Å². The smallest absolute Gasteiger partial charge is 0.0596 e. The highest BCUT2D eigenvalue weighted by molar-refractivity contribution is 5.14. The lowest BCUT2D eigenvalue weighted by molar-refractivity contribution is 0.440. The monoisotopic (exact) mass is 219 g/mol. The van der Waals surface area contributed by atoms with E-state index in [1.165, 1.54) is 44.3 Å². The average molecular weight is 219 g/mol. The molecule has 16 heavy (non-hydrogen) atoms. The fourth-order valence-electron chi connectivity index (χ4n) is 2.46. The zero-order chi connectivity index (χ0) is 11.2. The molecule has 3 heteroatoms. The van der Waals surface area contributed by atoms with Gasteiger partial charge >= 0.3 is 0 Å². The Morgan fingerprint density at radius 2 is 2.25 bits per heavy atom. The van der Waals surface area contributed by atoms with E-state index >= 15 is 0 Å². The first kappa shape index (κ1) is 10.3. The summed E-state index contributed by atoms with van der Waals surface area (Å²) in [5.41, 5.74) is 3.10. The van der Waals surface area contributed by atoms with Gasteiger partial charge in [-0.3, -0.25) is 4.68 Å². The number of nitrogens with zero attached hydrogens (tertiary/aromatic N) is 2. The van der Waals surface area contributed by atoms with Crippen LogP contribution < -0.4 is 5.32 Å². The minimum atomic E-state index is 0.558. The fraction of sp³-hybridized carbons (Fsp3) is 0.769. The number of hydrogen-bond donors (Lipinski definition) is 1. The first-order valence-corrected chi connectivity index (χ1v) is 6.40. The second kappa shape index (κ2) is 3.59. The first-order chi connectivity index (χ1) is 7.67. The number of rotatable bonds is 5. The summed E-state index contributed by atoms with van der Waals surface area (Å²) in [4.78, 5) is 0. The normalized spacial score (nSPS) is 22.4. The van der Waals surface area contributed by atoms with Crippen LogP contribution in [0.4, 0.5) is 0 Å². The van der Waals surface area contributed by atoms with E-state index in [9.17, 15) is 0 Å². The van der Waals surface area contributed by atoms with Gasteiger partial charge in [0.2, 0.25) is 0 Å². The maximum Gasteiger partial charge on any atom is 0.0596 e. The molecule has 0 aromatic carbocycles. The van der Waals surface area contributed by atoms with Gasteiger partial charge in [0.25, 0.3) is 0 Å². The second-order valence-corrected chi connectivity index (χ2v) is 5.73. The molecule has 1 aromatic heterocycles. The lowest BCUT2D eigenvalue weighted by atomic mass is 10.00. The first-order valence-electron chi connectivity index (χ1n) is 6.40. The lowest BCUT2D eigenvalue weighted by Gasteiger charge is -2.15. The molecule has 2 fully saturated rings. The lowest BCUT2D eigenvalue weighted by Crippen LogP contribution is -2.27. The summed E-state index contributed by atoms with van der Waals surface area (Å²) in [7, 11) is 2.06. The molecule has 0 atom stereocenters. The Bertz CT molecular complexity index is 386. The van der Waals surface area contributed by atoms with Crippen LogP contribution in [0, 0.1) is 12.3 Å². The Labute approximate surface area is 97.2 Å². The van der Waals surface area contributed by atoms with Crippen molar-refractivity contribution in [1.29, 1.82) is 0 Å². The van der Waals surface area contributed by atoms with Crippen LogP contribution in [0.3, 0.4) is 0 Å². The van der Waals surface area contributed by atoms with Crippen LogP contribution in [-0.2, 0) is 13.5 Å². The summed E-state index contributed by atoms with van der Waals surface area (Å²) in [5, 5.41) is 8.10. The number of aryl methyl sites for hydroxylation is 2. The van der Waals surface area contributed by atoms with Gasteiger partial charge in [-0.15, -0.1) is 0 Å². The summed E-state index contributed by atoms with van der Waals surface area (Å²) in [5.74, 6) is 0. The van der Waals surface area contributed by atoms with Crippen molar-refractivity contribution in [2.24, 2.45) is 12.5 Å². The SMILES string of the molecule is Cc1cc(CC2(CNC3CC3)CC2)n(C)n1. The standard InChI is InChI=1S/C13H21N3/c1-10-7-12(16(2)15-10)8-13(5-6-13)9-14-11-3-4-11/h7,11,14H,3-6,8-9H2,1-2H3. The molecule has 0 amide bonds. The summed E-state index contributed by atoms with van der Waals surface area (Å²) < 4.78 is 2.05. The molecule has 1 heterocycles. The van der Waals surface area contributed by atoms with E-state index in [-0.39, 0.29) is 0 Å². The van der Waals surface area contributed by atoms with Gasteiger partial charge in [0.05, 0.1) is 5.69 Å². The highest BCUT2D eigenvalue weighted by atomic mass is 15.3. The maximum absolute atomic E-state index is 4.43. The Morgan fingerprint density at radius 1 is 1.50 bits per heavy atom. The Kier molecular flexibility index (Phi) is 2.32. The van der Waals surface area contributed by atoms with Crippen molar-refractivity contribution in [3.05, 3.63) is 17.5 Å². The summed E-state index contributed by atoms with van der Waals surface area (Å²) >= 11 is 0. The van der Waals surface area contributed by atoms with E-state index in [1.54, 1.807) is 0 Å². The molecule has 0 radical (unpaired) electrons. The maximum atomic E-state index is 4.43. The van der Waals surface area contributed by atoms with Crippen molar-refractivity contribution < 1.29 is 0 Å². The van der Waals surface area contributed by atoms with Crippen LogP contribution in [0.1, 0.15) is 37.1 Å². The van der Waals surface area contributed by atoms with Crippen LogP contribution in [0.2, 0.25) is 0 Å². The minimum absolute atomic E-state index is 0.558. The largest absolute Gasteiger partial charge is 0.313 e. The van der Waals surface area contributed by atoms with Gasteiger partial charge in [0.15, 0.2) is 0 Å². The summed E-state index contributed by atoms with van der Waals surface area (Å²) in [6, 6.07) is 3.07. The van der Waals surface area contributed by atoms with Crippen molar-refractivity contribution in [2.75, 3.05) is 6.54 Å². The van der Waals surface area contributed by atoms with Crippen LogP contribution in [-0.4, -0.2) is 22.4 Å². The van der Waals surface area contributed by atoms with Gasteiger partial charge in [-0.25, -0.2) is 0 Å². The van der Waals surface area contributed by atoms with E-state index in [4.69, 9.17) is 0 Å². The van der Waals surface area contributed by atoms with Crippen molar-refractivity contribution >= 4 is 0 Å². The predicted molar refractivity (Wildman–Crippen MR) is 64.3 cm³/mol. The molecule has 2 aliphatic rings. The zero-order valence-corrected chi connectivity index (χ0v) is 10.3. The van der Waals surface area contributed by atoms with Crippen LogP contribution in [0.25, 0.3) is 0 Å². The highest BCUT2D eigenvalue weighted by Gasteiger charge is 2.43. The molecule has 1 N–H and O–H groups in total. The molecule has 3 nitrogen and oxygen atoms in total. The zero-order valence-electron chi connectivity index (χ0n) is 10.3. The fourth-order valence-corrected chi connectivity index (χ4v) is 2.46. The average Bonchev–Trinajstić information content (AvgIpc) is 3.10. The van der Waals surface area contributed by atoms with Gasteiger partial charge in [-0.2, -0.15) is 5.10 Å². The molecule has 0 aliphatic heterocycles. The van der Waals surface area contributed by atoms with E-state index in [2.05, 4.69) is 30.5 Å². The molecule has 0 unspecified atom stereocenters. The Morgan fingerprint density at radius 3 is 2.75 bits per heavy atom. The molecule has 2 aliphatic carbocycles. The molecule has 0 spiro atoms. The van der Waals surface area contributed by atoms with Crippen LogP contribution in [0.5, 0.6) is 0 Å². The predicted octanol–water partition coefficient (Wildman–Crippen LogP) is 1.80. The molecule has 88 valence electrons. The highest BCUT2D eigenvalue weighted by Crippen LogP contribution is 2.48. The van der Waals surface area contributed by atoms with Gasteiger partial charge in [-0.05, 0) is 50.5 Å². The number of nitrogens with one attached hydrogen (secondary N) is 1. The molecular formula is C13H21N3.